The first-order chi connectivity index (χ1) is 8.86. The third kappa shape index (κ3) is 3.24. The second-order valence-corrected chi connectivity index (χ2v) is 5.73. The highest BCUT2D eigenvalue weighted by Gasteiger charge is 2.10. The number of rotatable bonds is 4. The van der Waals surface area contributed by atoms with Gasteiger partial charge in [-0.05, 0) is 18.2 Å². The first-order valence-electron chi connectivity index (χ1n) is 5.50. The van der Waals surface area contributed by atoms with Gasteiger partial charge in [0.15, 0.2) is 0 Å². The van der Waals surface area contributed by atoms with E-state index in [1.165, 1.54) is 18.2 Å². The summed E-state index contributed by atoms with van der Waals surface area (Å²) in [5.74, 6) is 0. The van der Waals surface area contributed by atoms with Crippen molar-refractivity contribution in [3.63, 3.8) is 0 Å². The smallest absolute Gasteiger partial charge is 0.238 e. The van der Waals surface area contributed by atoms with Crippen LogP contribution in [0, 0.1) is 0 Å². The van der Waals surface area contributed by atoms with Crippen molar-refractivity contribution in [2.45, 2.75) is 11.4 Å². The van der Waals surface area contributed by atoms with Crippen LogP contribution in [0.2, 0.25) is 0 Å². The van der Waals surface area contributed by atoms with Crippen LogP contribution in [0.4, 0.5) is 11.4 Å². The summed E-state index contributed by atoms with van der Waals surface area (Å²) in [5, 5.41) is 12.2. The van der Waals surface area contributed by atoms with Crippen LogP contribution in [0.15, 0.2) is 35.5 Å². The lowest BCUT2D eigenvalue weighted by Gasteiger charge is -2.09. The molecule has 1 aromatic carbocycles. The van der Waals surface area contributed by atoms with E-state index in [1.807, 2.05) is 13.2 Å². The summed E-state index contributed by atoms with van der Waals surface area (Å²) in [7, 11) is -1.91. The van der Waals surface area contributed by atoms with Crippen LogP contribution in [-0.4, -0.2) is 18.2 Å². The van der Waals surface area contributed by atoms with Crippen LogP contribution in [0.5, 0.6) is 0 Å². The molecule has 0 radical (unpaired) electrons. The van der Waals surface area contributed by atoms with Crippen LogP contribution >= 0.6 is 0 Å². The van der Waals surface area contributed by atoms with Crippen LogP contribution < -0.4 is 16.2 Å². The molecule has 19 heavy (non-hydrogen) atoms. The second-order valence-electron chi connectivity index (χ2n) is 4.17. The van der Waals surface area contributed by atoms with Crippen LogP contribution in [0.25, 0.3) is 0 Å². The second kappa shape index (κ2) is 4.90. The van der Waals surface area contributed by atoms with Crippen molar-refractivity contribution in [1.29, 1.82) is 0 Å². The molecule has 0 atom stereocenters. The highest BCUT2D eigenvalue weighted by Crippen LogP contribution is 2.22. The molecule has 0 fully saturated rings. The third-order valence-electron chi connectivity index (χ3n) is 2.59. The number of aryl methyl sites for hydroxylation is 1. The SMILES string of the molecule is Cn1cc(CNc2cc(S(N)(=O)=O)ccc2N)cn1. The Morgan fingerprint density at radius 3 is 2.74 bits per heavy atom. The summed E-state index contributed by atoms with van der Waals surface area (Å²) in [5.41, 5.74) is 7.72. The molecule has 102 valence electrons. The fourth-order valence-corrected chi connectivity index (χ4v) is 2.17. The molecule has 0 aliphatic carbocycles. The number of anilines is 2. The van der Waals surface area contributed by atoms with E-state index in [0.717, 1.165) is 5.56 Å². The Bertz CT molecular complexity index is 693. The average molecular weight is 281 g/mol. The van der Waals surface area contributed by atoms with E-state index in [1.54, 1.807) is 10.9 Å². The summed E-state index contributed by atoms with van der Waals surface area (Å²) in [6.07, 6.45) is 3.57. The molecule has 0 spiro atoms. The first-order valence-corrected chi connectivity index (χ1v) is 7.04. The summed E-state index contributed by atoms with van der Waals surface area (Å²) in [4.78, 5) is 0.0235. The number of aromatic nitrogens is 2. The number of primary sulfonamides is 1. The topological polar surface area (TPSA) is 116 Å². The van der Waals surface area contributed by atoms with E-state index in [0.29, 0.717) is 17.9 Å². The van der Waals surface area contributed by atoms with Crippen molar-refractivity contribution in [2.24, 2.45) is 12.2 Å². The van der Waals surface area contributed by atoms with Gasteiger partial charge < -0.3 is 11.1 Å². The maximum Gasteiger partial charge on any atom is 0.238 e. The van der Waals surface area contributed by atoms with E-state index in [2.05, 4.69) is 10.4 Å². The Labute approximate surface area is 111 Å². The molecule has 0 saturated carbocycles. The molecule has 0 bridgehead atoms. The predicted molar refractivity (Wildman–Crippen MR) is 72.8 cm³/mol. The molecular formula is C11H15N5O2S. The van der Waals surface area contributed by atoms with Gasteiger partial charge in [0.25, 0.3) is 0 Å². The monoisotopic (exact) mass is 281 g/mol. The van der Waals surface area contributed by atoms with Gasteiger partial charge in [0, 0.05) is 25.4 Å². The molecule has 7 nitrogen and oxygen atoms in total. The molecule has 1 heterocycles. The Kier molecular flexibility index (Phi) is 3.45. The molecule has 2 rings (SSSR count). The number of hydrogen-bond donors (Lipinski definition) is 3. The van der Waals surface area contributed by atoms with Gasteiger partial charge in [-0.25, -0.2) is 13.6 Å². The number of benzene rings is 1. The number of nitrogen functional groups attached to an aromatic ring is 1. The minimum atomic E-state index is -3.73. The standard InChI is InChI=1S/C11H15N5O2S/c1-16-7-8(6-15-16)5-14-11-4-9(19(13,17)18)2-3-10(11)12/h2-4,6-7,14H,5,12H2,1H3,(H2,13,17,18). The van der Waals surface area contributed by atoms with Crippen molar-refractivity contribution in [1.82, 2.24) is 9.78 Å². The Balaban J connectivity index is 2.20. The number of nitrogens with two attached hydrogens (primary N) is 2. The molecule has 0 aliphatic rings. The zero-order chi connectivity index (χ0) is 14.0. The zero-order valence-electron chi connectivity index (χ0n) is 10.4. The summed E-state index contributed by atoms with van der Waals surface area (Å²) in [6, 6.07) is 4.30. The van der Waals surface area contributed by atoms with Crippen LogP contribution in [0.1, 0.15) is 5.56 Å². The Morgan fingerprint density at radius 1 is 1.42 bits per heavy atom. The van der Waals surface area contributed by atoms with Crippen molar-refractivity contribution in [3.8, 4) is 0 Å². The highest BCUT2D eigenvalue weighted by atomic mass is 32.2. The fourth-order valence-electron chi connectivity index (χ4n) is 1.63. The third-order valence-corrected chi connectivity index (χ3v) is 3.51. The van der Waals surface area contributed by atoms with Gasteiger partial charge in [-0.3, -0.25) is 4.68 Å². The lowest BCUT2D eigenvalue weighted by Crippen LogP contribution is -2.13. The van der Waals surface area contributed by atoms with E-state index in [9.17, 15) is 8.42 Å². The van der Waals surface area contributed by atoms with E-state index >= 15 is 0 Å². The highest BCUT2D eigenvalue weighted by molar-refractivity contribution is 7.89. The minimum Gasteiger partial charge on any atom is -0.397 e. The molecule has 5 N–H and O–H groups in total. The summed E-state index contributed by atoms with van der Waals surface area (Å²) >= 11 is 0. The van der Waals surface area contributed by atoms with Crippen molar-refractivity contribution in [3.05, 3.63) is 36.2 Å². The fraction of sp³-hybridized carbons (Fsp3) is 0.182. The summed E-state index contributed by atoms with van der Waals surface area (Å²) < 4.78 is 24.2. The maximum atomic E-state index is 11.3. The molecular weight excluding hydrogens is 266 g/mol. The molecule has 0 saturated heterocycles. The van der Waals surface area contributed by atoms with Gasteiger partial charge in [-0.2, -0.15) is 5.10 Å². The molecule has 1 aromatic heterocycles. The van der Waals surface area contributed by atoms with E-state index in [4.69, 9.17) is 10.9 Å². The van der Waals surface area contributed by atoms with Gasteiger partial charge in [-0.15, -0.1) is 0 Å². The van der Waals surface area contributed by atoms with Crippen LogP contribution in [-0.2, 0) is 23.6 Å². The van der Waals surface area contributed by atoms with Gasteiger partial charge in [0.1, 0.15) is 0 Å². The van der Waals surface area contributed by atoms with Crippen molar-refractivity contribution < 1.29 is 8.42 Å². The van der Waals surface area contributed by atoms with Crippen molar-refractivity contribution in [2.75, 3.05) is 11.1 Å². The number of nitrogens with one attached hydrogen (secondary N) is 1. The van der Waals surface area contributed by atoms with Gasteiger partial charge >= 0.3 is 0 Å². The van der Waals surface area contributed by atoms with Gasteiger partial charge in [-0.1, -0.05) is 0 Å². The number of sulfonamides is 1. The number of nitrogens with zero attached hydrogens (tertiary/aromatic N) is 2. The molecule has 0 aliphatic heterocycles. The quantitative estimate of drug-likeness (QED) is 0.695. The van der Waals surface area contributed by atoms with E-state index < -0.39 is 10.0 Å². The normalized spacial score (nSPS) is 11.5. The van der Waals surface area contributed by atoms with Crippen LogP contribution in [0.3, 0.4) is 0 Å². The maximum absolute atomic E-state index is 11.3. The van der Waals surface area contributed by atoms with Gasteiger partial charge in [0.05, 0.1) is 22.5 Å². The van der Waals surface area contributed by atoms with E-state index in [-0.39, 0.29) is 4.90 Å². The predicted octanol–water partition coefficient (Wildman–Crippen LogP) is 0.262. The Hall–Kier alpha value is -2.06. The average Bonchev–Trinajstić information content (AvgIpc) is 2.72. The molecule has 2 aromatic rings. The lowest BCUT2D eigenvalue weighted by atomic mass is 10.2. The number of hydrogen-bond acceptors (Lipinski definition) is 5. The largest absolute Gasteiger partial charge is 0.397 e. The molecule has 0 unspecified atom stereocenters. The lowest BCUT2D eigenvalue weighted by molar-refractivity contribution is 0.598. The minimum absolute atomic E-state index is 0.0235. The first kappa shape index (κ1) is 13.4. The Morgan fingerprint density at radius 2 is 2.16 bits per heavy atom. The van der Waals surface area contributed by atoms with Gasteiger partial charge in [0.2, 0.25) is 10.0 Å². The zero-order valence-corrected chi connectivity index (χ0v) is 11.2. The molecule has 8 heteroatoms. The summed E-state index contributed by atoms with van der Waals surface area (Å²) in [6.45, 7) is 0.492. The molecule has 0 amide bonds. The van der Waals surface area contributed by atoms with Crippen molar-refractivity contribution >= 4 is 21.4 Å².